The SMILES string of the molecule is COc1cccc(N2CC(C(=O)Nc3ccccc3I)CC2=O)c1. The Morgan fingerprint density at radius 1 is 1.25 bits per heavy atom. The first-order valence-corrected chi connectivity index (χ1v) is 8.66. The molecule has 5 nitrogen and oxygen atoms in total. The van der Waals surface area contributed by atoms with Crippen LogP contribution in [0.1, 0.15) is 6.42 Å². The number of hydrogen-bond acceptors (Lipinski definition) is 3. The largest absolute Gasteiger partial charge is 0.497 e. The van der Waals surface area contributed by atoms with E-state index >= 15 is 0 Å². The maximum atomic E-state index is 12.5. The molecule has 1 unspecified atom stereocenters. The molecule has 0 aliphatic carbocycles. The molecule has 1 atom stereocenters. The Morgan fingerprint density at radius 3 is 2.79 bits per heavy atom. The molecular formula is C18H17IN2O3. The van der Waals surface area contributed by atoms with Gasteiger partial charge in [0.15, 0.2) is 0 Å². The second-order valence-electron chi connectivity index (χ2n) is 5.58. The zero-order chi connectivity index (χ0) is 17.1. The molecule has 1 fully saturated rings. The van der Waals surface area contributed by atoms with Gasteiger partial charge in [-0.05, 0) is 46.9 Å². The van der Waals surface area contributed by atoms with Crippen LogP contribution in [0.4, 0.5) is 11.4 Å². The Bertz CT molecular complexity index is 778. The lowest BCUT2D eigenvalue weighted by atomic mass is 10.1. The van der Waals surface area contributed by atoms with Crippen molar-refractivity contribution in [3.05, 3.63) is 52.1 Å². The molecule has 3 rings (SSSR count). The van der Waals surface area contributed by atoms with Gasteiger partial charge in [0.05, 0.1) is 18.7 Å². The Kier molecular flexibility index (Phi) is 5.03. The summed E-state index contributed by atoms with van der Waals surface area (Å²) in [5.74, 6) is 0.149. The van der Waals surface area contributed by atoms with Gasteiger partial charge in [0.1, 0.15) is 5.75 Å². The van der Waals surface area contributed by atoms with Crippen LogP contribution in [-0.2, 0) is 9.59 Å². The normalized spacial score (nSPS) is 17.0. The van der Waals surface area contributed by atoms with Crippen molar-refractivity contribution >= 4 is 45.8 Å². The van der Waals surface area contributed by atoms with Crippen LogP contribution in [0.3, 0.4) is 0 Å². The summed E-state index contributed by atoms with van der Waals surface area (Å²) >= 11 is 2.18. The number of anilines is 2. The minimum Gasteiger partial charge on any atom is -0.497 e. The summed E-state index contributed by atoms with van der Waals surface area (Å²) in [5, 5.41) is 2.92. The van der Waals surface area contributed by atoms with Crippen molar-refractivity contribution < 1.29 is 14.3 Å². The quantitative estimate of drug-likeness (QED) is 0.749. The summed E-state index contributed by atoms with van der Waals surface area (Å²) in [5.41, 5.74) is 1.53. The van der Waals surface area contributed by atoms with Crippen LogP contribution in [0.25, 0.3) is 0 Å². The van der Waals surface area contributed by atoms with Gasteiger partial charge in [0, 0.05) is 28.3 Å². The number of carbonyl (C=O) groups is 2. The molecule has 24 heavy (non-hydrogen) atoms. The van der Waals surface area contributed by atoms with E-state index in [0.29, 0.717) is 12.3 Å². The third kappa shape index (κ3) is 3.53. The van der Waals surface area contributed by atoms with E-state index in [0.717, 1.165) is 14.9 Å². The first-order chi connectivity index (χ1) is 11.6. The van der Waals surface area contributed by atoms with Gasteiger partial charge in [0.2, 0.25) is 11.8 Å². The van der Waals surface area contributed by atoms with Crippen LogP contribution in [-0.4, -0.2) is 25.5 Å². The van der Waals surface area contributed by atoms with Crippen molar-refractivity contribution in [2.75, 3.05) is 23.9 Å². The lowest BCUT2D eigenvalue weighted by Crippen LogP contribution is -2.28. The maximum absolute atomic E-state index is 12.5. The number of nitrogens with zero attached hydrogens (tertiary/aromatic N) is 1. The van der Waals surface area contributed by atoms with Gasteiger partial charge >= 0.3 is 0 Å². The lowest BCUT2D eigenvalue weighted by Gasteiger charge is -2.17. The molecule has 124 valence electrons. The summed E-state index contributed by atoms with van der Waals surface area (Å²) in [6, 6.07) is 14.9. The van der Waals surface area contributed by atoms with Crippen molar-refractivity contribution in [2.24, 2.45) is 5.92 Å². The third-order valence-electron chi connectivity index (χ3n) is 3.99. The molecule has 1 aliphatic heterocycles. The average molecular weight is 436 g/mol. The van der Waals surface area contributed by atoms with Crippen LogP contribution in [0.5, 0.6) is 5.75 Å². The third-order valence-corrected chi connectivity index (χ3v) is 4.93. The highest BCUT2D eigenvalue weighted by Gasteiger charge is 2.35. The molecule has 1 N–H and O–H groups in total. The molecule has 1 saturated heterocycles. The van der Waals surface area contributed by atoms with Gasteiger partial charge < -0.3 is 15.0 Å². The molecule has 1 aliphatic rings. The van der Waals surface area contributed by atoms with Crippen LogP contribution in [0.2, 0.25) is 0 Å². The van der Waals surface area contributed by atoms with Gasteiger partial charge in [-0.1, -0.05) is 18.2 Å². The standard InChI is InChI=1S/C18H17IN2O3/c1-24-14-6-4-5-13(10-14)21-11-12(9-17(21)22)18(23)20-16-8-3-2-7-15(16)19/h2-8,10,12H,9,11H2,1H3,(H,20,23). The van der Waals surface area contributed by atoms with Crippen molar-refractivity contribution in [1.82, 2.24) is 0 Å². The van der Waals surface area contributed by atoms with Crippen LogP contribution < -0.4 is 15.0 Å². The van der Waals surface area contributed by atoms with Crippen molar-refractivity contribution in [3.8, 4) is 5.75 Å². The maximum Gasteiger partial charge on any atom is 0.229 e. The number of ether oxygens (including phenoxy) is 1. The number of nitrogens with one attached hydrogen (secondary N) is 1. The summed E-state index contributed by atoms with van der Waals surface area (Å²) in [4.78, 5) is 26.4. The average Bonchev–Trinajstić information content (AvgIpc) is 2.99. The number of rotatable bonds is 4. The summed E-state index contributed by atoms with van der Waals surface area (Å²) in [6.45, 7) is 0.376. The number of benzene rings is 2. The van der Waals surface area contributed by atoms with E-state index in [2.05, 4.69) is 27.9 Å². The highest BCUT2D eigenvalue weighted by Crippen LogP contribution is 2.29. The van der Waals surface area contributed by atoms with Crippen LogP contribution in [0.15, 0.2) is 48.5 Å². The molecule has 6 heteroatoms. The minimum atomic E-state index is -0.361. The number of hydrogen-bond donors (Lipinski definition) is 1. The smallest absolute Gasteiger partial charge is 0.229 e. The molecule has 0 bridgehead atoms. The molecular weight excluding hydrogens is 419 g/mol. The molecule has 0 aromatic heterocycles. The zero-order valence-electron chi connectivity index (χ0n) is 13.2. The van der Waals surface area contributed by atoms with Gasteiger partial charge in [-0.3, -0.25) is 9.59 Å². The van der Waals surface area contributed by atoms with Crippen molar-refractivity contribution in [2.45, 2.75) is 6.42 Å². The minimum absolute atomic E-state index is 0.0499. The summed E-state index contributed by atoms with van der Waals surface area (Å²) in [7, 11) is 1.59. The highest BCUT2D eigenvalue weighted by atomic mass is 127. The van der Waals surface area contributed by atoms with E-state index in [1.807, 2.05) is 42.5 Å². The molecule has 1 heterocycles. The van der Waals surface area contributed by atoms with Crippen molar-refractivity contribution in [1.29, 1.82) is 0 Å². The van der Waals surface area contributed by atoms with E-state index < -0.39 is 0 Å². The number of halogens is 1. The fourth-order valence-electron chi connectivity index (χ4n) is 2.71. The lowest BCUT2D eigenvalue weighted by molar-refractivity contribution is -0.122. The fourth-order valence-corrected chi connectivity index (χ4v) is 3.23. The molecule has 2 aromatic rings. The van der Waals surface area contributed by atoms with E-state index in [-0.39, 0.29) is 24.2 Å². The first-order valence-electron chi connectivity index (χ1n) is 7.58. The molecule has 0 radical (unpaired) electrons. The predicted octanol–water partition coefficient (Wildman–Crippen LogP) is 3.29. The van der Waals surface area contributed by atoms with Crippen molar-refractivity contribution in [3.63, 3.8) is 0 Å². The molecule has 2 amide bonds. The predicted molar refractivity (Wildman–Crippen MR) is 101 cm³/mol. The second-order valence-corrected chi connectivity index (χ2v) is 6.74. The first kappa shape index (κ1) is 16.8. The second kappa shape index (κ2) is 7.21. The van der Waals surface area contributed by atoms with Gasteiger partial charge in [-0.25, -0.2) is 0 Å². The molecule has 2 aromatic carbocycles. The molecule has 0 spiro atoms. The Balaban J connectivity index is 1.72. The Hall–Kier alpha value is -2.09. The molecule has 0 saturated carbocycles. The van der Waals surface area contributed by atoms with E-state index in [9.17, 15) is 9.59 Å². The zero-order valence-corrected chi connectivity index (χ0v) is 15.3. The van der Waals surface area contributed by atoms with E-state index in [1.165, 1.54) is 0 Å². The van der Waals surface area contributed by atoms with Gasteiger partial charge in [-0.15, -0.1) is 0 Å². The number of para-hydroxylation sites is 1. The number of carbonyl (C=O) groups excluding carboxylic acids is 2. The van der Waals surface area contributed by atoms with Gasteiger partial charge in [0.25, 0.3) is 0 Å². The number of methoxy groups -OCH3 is 1. The van der Waals surface area contributed by atoms with E-state index in [4.69, 9.17) is 4.74 Å². The fraction of sp³-hybridized carbons (Fsp3) is 0.222. The monoisotopic (exact) mass is 436 g/mol. The van der Waals surface area contributed by atoms with E-state index in [1.54, 1.807) is 18.1 Å². The summed E-state index contributed by atoms with van der Waals surface area (Å²) < 4.78 is 6.17. The summed E-state index contributed by atoms with van der Waals surface area (Å²) in [6.07, 6.45) is 0.215. The van der Waals surface area contributed by atoms with Crippen LogP contribution >= 0.6 is 22.6 Å². The number of amides is 2. The van der Waals surface area contributed by atoms with Crippen LogP contribution in [0, 0.1) is 9.49 Å². The highest BCUT2D eigenvalue weighted by molar-refractivity contribution is 14.1. The van der Waals surface area contributed by atoms with Gasteiger partial charge in [-0.2, -0.15) is 0 Å². The Morgan fingerprint density at radius 2 is 2.04 bits per heavy atom. The topological polar surface area (TPSA) is 58.6 Å². The Labute approximate surface area is 154 Å².